The summed E-state index contributed by atoms with van der Waals surface area (Å²) in [4.78, 5) is 0. The molecule has 13 heavy (non-hydrogen) atoms. The van der Waals surface area contributed by atoms with E-state index in [0.29, 0.717) is 0 Å². The molecule has 0 aromatic rings. The highest BCUT2D eigenvalue weighted by atomic mass is 32.1. The first kappa shape index (κ1) is 11.3. The molecule has 0 bridgehead atoms. The van der Waals surface area contributed by atoms with Crippen molar-refractivity contribution in [3.8, 4) is 0 Å². The van der Waals surface area contributed by atoms with E-state index in [4.69, 9.17) is 0 Å². The second-order valence-electron chi connectivity index (χ2n) is 3.76. The molecular weight excluding hydrogens is 180 g/mol. The first-order valence-electron chi connectivity index (χ1n) is 5.48. The van der Waals surface area contributed by atoms with Crippen LogP contribution in [0.15, 0.2) is 0 Å². The Bertz CT molecular complexity index is 109. The van der Waals surface area contributed by atoms with Gasteiger partial charge in [-0.15, -0.1) is 0 Å². The molecule has 1 aliphatic rings. The van der Waals surface area contributed by atoms with Crippen molar-refractivity contribution >= 4 is 12.6 Å². The van der Waals surface area contributed by atoms with Crippen molar-refractivity contribution in [3.63, 3.8) is 0 Å². The zero-order valence-electron chi connectivity index (χ0n) is 8.39. The molecule has 3 heteroatoms. The van der Waals surface area contributed by atoms with Crippen LogP contribution in [0.5, 0.6) is 0 Å². The van der Waals surface area contributed by atoms with Crippen LogP contribution in [0.4, 0.5) is 0 Å². The molecule has 0 radical (unpaired) electrons. The van der Waals surface area contributed by atoms with Gasteiger partial charge in [0.25, 0.3) is 0 Å². The van der Waals surface area contributed by atoms with E-state index in [1.807, 2.05) is 0 Å². The number of rotatable bonds is 3. The van der Waals surface area contributed by atoms with E-state index in [1.54, 1.807) is 0 Å². The van der Waals surface area contributed by atoms with E-state index in [2.05, 4.69) is 23.3 Å². The lowest BCUT2D eigenvalue weighted by Crippen LogP contribution is -2.30. The monoisotopic (exact) mass is 202 g/mol. The molecule has 1 aliphatic heterocycles. The van der Waals surface area contributed by atoms with Crippen molar-refractivity contribution in [2.24, 2.45) is 0 Å². The van der Waals surface area contributed by atoms with Crippen molar-refractivity contribution in [1.82, 2.24) is 10.6 Å². The molecule has 0 aliphatic carbocycles. The topological polar surface area (TPSA) is 24.1 Å². The molecule has 1 fully saturated rings. The van der Waals surface area contributed by atoms with Gasteiger partial charge in [0.2, 0.25) is 0 Å². The fourth-order valence-electron chi connectivity index (χ4n) is 1.86. The molecule has 0 amide bonds. The SMILES string of the molecule is SCCNC1CCCCNCCC1. The van der Waals surface area contributed by atoms with E-state index in [0.717, 1.165) is 18.3 Å². The van der Waals surface area contributed by atoms with E-state index in [9.17, 15) is 0 Å². The average Bonchev–Trinajstić information content (AvgIpc) is 2.28. The second-order valence-corrected chi connectivity index (χ2v) is 4.21. The van der Waals surface area contributed by atoms with E-state index < -0.39 is 0 Å². The van der Waals surface area contributed by atoms with Crippen molar-refractivity contribution in [3.05, 3.63) is 0 Å². The Labute approximate surface area is 87.3 Å². The third-order valence-electron chi connectivity index (χ3n) is 2.61. The average molecular weight is 202 g/mol. The van der Waals surface area contributed by atoms with Gasteiger partial charge in [0.15, 0.2) is 0 Å². The summed E-state index contributed by atoms with van der Waals surface area (Å²) in [6, 6.07) is 0.743. The molecule has 0 aromatic carbocycles. The molecule has 2 N–H and O–H groups in total. The zero-order valence-corrected chi connectivity index (χ0v) is 9.28. The maximum Gasteiger partial charge on any atom is 0.00678 e. The van der Waals surface area contributed by atoms with Gasteiger partial charge in [0.05, 0.1) is 0 Å². The van der Waals surface area contributed by atoms with E-state index >= 15 is 0 Å². The summed E-state index contributed by atoms with van der Waals surface area (Å²) in [6.07, 6.45) is 6.66. The predicted molar refractivity (Wildman–Crippen MR) is 61.6 cm³/mol. The van der Waals surface area contributed by atoms with Crippen LogP contribution in [0.25, 0.3) is 0 Å². The van der Waals surface area contributed by atoms with Crippen LogP contribution < -0.4 is 10.6 Å². The van der Waals surface area contributed by atoms with Gasteiger partial charge in [-0.1, -0.05) is 6.42 Å². The summed E-state index contributed by atoms with van der Waals surface area (Å²) in [6.45, 7) is 3.46. The Morgan fingerprint density at radius 1 is 1.15 bits per heavy atom. The summed E-state index contributed by atoms with van der Waals surface area (Å²) in [7, 11) is 0. The van der Waals surface area contributed by atoms with Crippen LogP contribution in [0.3, 0.4) is 0 Å². The van der Waals surface area contributed by atoms with Gasteiger partial charge < -0.3 is 10.6 Å². The molecule has 0 saturated carbocycles. The molecule has 1 unspecified atom stereocenters. The Balaban J connectivity index is 2.16. The van der Waals surface area contributed by atoms with Crippen LogP contribution >= 0.6 is 12.6 Å². The van der Waals surface area contributed by atoms with Gasteiger partial charge in [-0.25, -0.2) is 0 Å². The minimum absolute atomic E-state index is 0.743. The lowest BCUT2D eigenvalue weighted by Gasteiger charge is -2.16. The summed E-state index contributed by atoms with van der Waals surface area (Å²) in [5.41, 5.74) is 0. The number of nitrogens with one attached hydrogen (secondary N) is 2. The normalized spacial score (nSPS) is 26.1. The summed E-state index contributed by atoms with van der Waals surface area (Å²) in [5, 5.41) is 7.02. The van der Waals surface area contributed by atoms with Gasteiger partial charge in [0.1, 0.15) is 0 Å². The van der Waals surface area contributed by atoms with E-state index in [1.165, 1.54) is 45.2 Å². The van der Waals surface area contributed by atoms with Gasteiger partial charge in [0, 0.05) is 18.3 Å². The fraction of sp³-hybridized carbons (Fsp3) is 1.00. The maximum absolute atomic E-state index is 4.21. The van der Waals surface area contributed by atoms with Crippen molar-refractivity contribution < 1.29 is 0 Å². The number of thiol groups is 1. The van der Waals surface area contributed by atoms with Crippen LogP contribution in [-0.4, -0.2) is 31.4 Å². The molecule has 0 spiro atoms. The largest absolute Gasteiger partial charge is 0.317 e. The lowest BCUT2D eigenvalue weighted by atomic mass is 10.1. The quantitative estimate of drug-likeness (QED) is 0.603. The molecule has 1 atom stereocenters. The highest BCUT2D eigenvalue weighted by molar-refractivity contribution is 7.80. The smallest absolute Gasteiger partial charge is 0.00678 e. The highest BCUT2D eigenvalue weighted by Crippen LogP contribution is 2.08. The van der Waals surface area contributed by atoms with Gasteiger partial charge >= 0.3 is 0 Å². The predicted octanol–water partition coefficient (Wildman–Crippen LogP) is 1.43. The van der Waals surface area contributed by atoms with Gasteiger partial charge in [-0.05, 0) is 38.8 Å². The molecule has 0 aromatic heterocycles. The Kier molecular flexibility index (Phi) is 6.68. The minimum atomic E-state index is 0.743. The Hall–Kier alpha value is 0.270. The van der Waals surface area contributed by atoms with Crippen LogP contribution in [0.1, 0.15) is 32.1 Å². The summed E-state index contributed by atoms with van der Waals surface area (Å²) in [5.74, 6) is 0.953. The molecule has 1 heterocycles. The van der Waals surface area contributed by atoms with Crippen molar-refractivity contribution in [1.29, 1.82) is 0 Å². The third kappa shape index (κ3) is 5.55. The molecule has 1 rings (SSSR count). The van der Waals surface area contributed by atoms with Crippen LogP contribution in [0, 0.1) is 0 Å². The van der Waals surface area contributed by atoms with Crippen LogP contribution in [0.2, 0.25) is 0 Å². The lowest BCUT2D eigenvalue weighted by molar-refractivity contribution is 0.450. The van der Waals surface area contributed by atoms with Gasteiger partial charge in [-0.2, -0.15) is 12.6 Å². The van der Waals surface area contributed by atoms with Crippen molar-refractivity contribution in [2.75, 3.05) is 25.4 Å². The van der Waals surface area contributed by atoms with Crippen LogP contribution in [-0.2, 0) is 0 Å². The molecule has 78 valence electrons. The van der Waals surface area contributed by atoms with Crippen molar-refractivity contribution in [2.45, 2.75) is 38.1 Å². The molecular formula is C10H22N2S. The van der Waals surface area contributed by atoms with E-state index in [-0.39, 0.29) is 0 Å². The number of hydrogen-bond acceptors (Lipinski definition) is 3. The molecule has 1 saturated heterocycles. The Morgan fingerprint density at radius 2 is 1.92 bits per heavy atom. The summed E-state index contributed by atoms with van der Waals surface area (Å²) < 4.78 is 0. The minimum Gasteiger partial charge on any atom is -0.317 e. The fourth-order valence-corrected chi connectivity index (χ4v) is 1.99. The Morgan fingerprint density at radius 3 is 2.77 bits per heavy atom. The standard InChI is InChI=1S/C10H22N2S/c13-9-8-12-10-4-1-2-6-11-7-3-5-10/h10-13H,1-9H2. The number of hydrogen-bond donors (Lipinski definition) is 3. The van der Waals surface area contributed by atoms with Gasteiger partial charge in [-0.3, -0.25) is 0 Å². The first-order chi connectivity index (χ1) is 6.43. The maximum atomic E-state index is 4.21. The highest BCUT2D eigenvalue weighted by Gasteiger charge is 2.08. The molecule has 2 nitrogen and oxygen atoms in total. The zero-order chi connectivity index (χ0) is 9.36. The summed E-state index contributed by atoms with van der Waals surface area (Å²) >= 11 is 4.21. The third-order valence-corrected chi connectivity index (χ3v) is 2.83. The first-order valence-corrected chi connectivity index (χ1v) is 6.11. The second kappa shape index (κ2) is 7.65.